The Morgan fingerprint density at radius 2 is 1.56 bits per heavy atom. The number of benzene rings is 4. The summed E-state index contributed by atoms with van der Waals surface area (Å²) in [5.41, 5.74) is 2.45. The number of halogens is 2. The maximum atomic E-state index is 14.7. The zero-order valence-electron chi connectivity index (χ0n) is 27.5. The molecule has 0 bridgehead atoms. The molecular formula is C37H41Cl2N3O5S. The van der Waals surface area contributed by atoms with Crippen molar-refractivity contribution in [1.82, 2.24) is 10.2 Å². The molecule has 8 nitrogen and oxygen atoms in total. The molecule has 4 aromatic rings. The molecule has 11 heteroatoms. The maximum absolute atomic E-state index is 14.7. The fraction of sp³-hybridized carbons (Fsp3) is 0.297. The summed E-state index contributed by atoms with van der Waals surface area (Å²) >= 11 is 12.8. The largest absolute Gasteiger partial charge is 0.492 e. The van der Waals surface area contributed by atoms with Gasteiger partial charge in [0.25, 0.3) is 10.0 Å². The van der Waals surface area contributed by atoms with E-state index in [0.717, 1.165) is 15.4 Å². The van der Waals surface area contributed by atoms with Gasteiger partial charge in [-0.3, -0.25) is 13.9 Å². The Labute approximate surface area is 293 Å². The summed E-state index contributed by atoms with van der Waals surface area (Å²) in [5.74, 6) is -0.677. The van der Waals surface area contributed by atoms with Gasteiger partial charge in [-0.1, -0.05) is 96.4 Å². The van der Waals surface area contributed by atoms with Crippen LogP contribution in [0.4, 0.5) is 5.69 Å². The van der Waals surface area contributed by atoms with Gasteiger partial charge in [-0.05, 0) is 74.7 Å². The number of hydrogen-bond acceptors (Lipinski definition) is 5. The standard InChI is InChI=1S/C37H41Cl2N3O5S/c1-5-27(4)40-37(44)34(22-28-12-8-7-9-13-28)41(24-29-18-19-30(38)23-32(29)39)36(43)25-42(33-14-10-11-15-35(33)47-6-2)48(45,46)31-20-16-26(3)17-21-31/h7-21,23,27,34H,5-6,22,24-25H2,1-4H3,(H,40,44)/t27-,34-/m0/s1. The van der Waals surface area contributed by atoms with E-state index >= 15 is 0 Å². The molecular weight excluding hydrogens is 669 g/mol. The van der Waals surface area contributed by atoms with E-state index in [1.165, 1.54) is 17.0 Å². The molecule has 0 aliphatic carbocycles. The number of hydrogen-bond donors (Lipinski definition) is 1. The van der Waals surface area contributed by atoms with Crippen LogP contribution in [0, 0.1) is 6.92 Å². The number of sulfonamides is 1. The first-order chi connectivity index (χ1) is 22.9. The monoisotopic (exact) mass is 709 g/mol. The Morgan fingerprint density at radius 3 is 2.21 bits per heavy atom. The van der Waals surface area contributed by atoms with Gasteiger partial charge in [0.2, 0.25) is 11.8 Å². The first-order valence-corrected chi connectivity index (χ1v) is 18.0. The molecule has 0 fully saturated rings. The number of amides is 2. The van der Waals surface area contributed by atoms with Crippen molar-refractivity contribution in [3.63, 3.8) is 0 Å². The highest BCUT2D eigenvalue weighted by Crippen LogP contribution is 2.33. The quantitative estimate of drug-likeness (QED) is 0.138. The van der Waals surface area contributed by atoms with E-state index in [4.69, 9.17) is 27.9 Å². The zero-order valence-corrected chi connectivity index (χ0v) is 29.9. The minimum absolute atomic E-state index is 0.00912. The molecule has 0 spiro atoms. The predicted molar refractivity (Wildman–Crippen MR) is 192 cm³/mol. The van der Waals surface area contributed by atoms with E-state index in [-0.39, 0.29) is 42.1 Å². The van der Waals surface area contributed by atoms with Crippen LogP contribution in [-0.2, 0) is 32.6 Å². The highest BCUT2D eigenvalue weighted by Gasteiger charge is 2.36. The number of para-hydroxylation sites is 2. The molecule has 0 aliphatic heterocycles. The molecule has 0 saturated carbocycles. The Balaban J connectivity index is 1.86. The van der Waals surface area contributed by atoms with Crippen molar-refractivity contribution >= 4 is 50.7 Å². The van der Waals surface area contributed by atoms with Crippen molar-refractivity contribution in [2.75, 3.05) is 17.5 Å². The van der Waals surface area contributed by atoms with Gasteiger partial charge in [0, 0.05) is 29.1 Å². The van der Waals surface area contributed by atoms with Gasteiger partial charge in [-0.25, -0.2) is 8.42 Å². The van der Waals surface area contributed by atoms with Crippen molar-refractivity contribution in [3.8, 4) is 5.75 Å². The molecule has 0 heterocycles. The zero-order chi connectivity index (χ0) is 34.8. The molecule has 4 aromatic carbocycles. The number of nitrogens with zero attached hydrogens (tertiary/aromatic N) is 2. The summed E-state index contributed by atoms with van der Waals surface area (Å²) in [6.45, 7) is 7.08. The highest BCUT2D eigenvalue weighted by molar-refractivity contribution is 7.92. The van der Waals surface area contributed by atoms with Crippen LogP contribution in [-0.4, -0.2) is 50.4 Å². The topological polar surface area (TPSA) is 96.0 Å². The Morgan fingerprint density at radius 1 is 0.896 bits per heavy atom. The molecule has 1 N–H and O–H groups in total. The summed E-state index contributed by atoms with van der Waals surface area (Å²) < 4.78 is 35.6. The van der Waals surface area contributed by atoms with Crippen LogP contribution < -0.4 is 14.4 Å². The third-order valence-electron chi connectivity index (χ3n) is 7.95. The molecule has 2 atom stereocenters. The second-order valence-corrected chi connectivity index (χ2v) is 14.2. The lowest BCUT2D eigenvalue weighted by molar-refractivity contribution is -0.140. The number of ether oxygens (including phenoxy) is 1. The second-order valence-electron chi connectivity index (χ2n) is 11.5. The van der Waals surface area contributed by atoms with Gasteiger partial charge < -0.3 is 15.0 Å². The van der Waals surface area contributed by atoms with Gasteiger partial charge in [-0.15, -0.1) is 0 Å². The number of nitrogens with one attached hydrogen (secondary N) is 1. The lowest BCUT2D eigenvalue weighted by Crippen LogP contribution is -2.54. The number of anilines is 1. The number of aryl methyl sites for hydroxylation is 1. The molecule has 2 amide bonds. The third kappa shape index (κ3) is 9.30. The van der Waals surface area contributed by atoms with Gasteiger partial charge in [0.15, 0.2) is 0 Å². The normalized spacial score (nSPS) is 12.5. The molecule has 48 heavy (non-hydrogen) atoms. The predicted octanol–water partition coefficient (Wildman–Crippen LogP) is 7.45. The first-order valence-electron chi connectivity index (χ1n) is 15.8. The summed E-state index contributed by atoms with van der Waals surface area (Å²) in [6, 6.07) is 26.2. The lowest BCUT2D eigenvalue weighted by Gasteiger charge is -2.34. The number of rotatable bonds is 15. The van der Waals surface area contributed by atoms with E-state index in [1.54, 1.807) is 61.5 Å². The average Bonchev–Trinajstić information content (AvgIpc) is 3.07. The second kappa shape index (κ2) is 16.9. The van der Waals surface area contributed by atoms with Crippen molar-refractivity contribution in [3.05, 3.63) is 124 Å². The summed E-state index contributed by atoms with van der Waals surface area (Å²) in [6.07, 6.45) is 0.859. The van der Waals surface area contributed by atoms with Crippen LogP contribution in [0.15, 0.2) is 102 Å². The van der Waals surface area contributed by atoms with Crippen LogP contribution in [0.3, 0.4) is 0 Å². The fourth-order valence-electron chi connectivity index (χ4n) is 5.12. The van der Waals surface area contributed by atoms with Crippen molar-refractivity contribution < 1.29 is 22.7 Å². The molecule has 0 saturated heterocycles. The van der Waals surface area contributed by atoms with Gasteiger partial charge in [0.05, 0.1) is 17.2 Å². The van der Waals surface area contributed by atoms with E-state index in [2.05, 4.69) is 5.32 Å². The number of carbonyl (C=O) groups is 2. The smallest absolute Gasteiger partial charge is 0.264 e. The van der Waals surface area contributed by atoms with E-state index < -0.39 is 28.5 Å². The highest BCUT2D eigenvalue weighted by atomic mass is 35.5. The Bertz CT molecular complexity index is 1800. The van der Waals surface area contributed by atoms with Gasteiger partial charge >= 0.3 is 0 Å². The lowest BCUT2D eigenvalue weighted by atomic mass is 10.0. The molecule has 4 rings (SSSR count). The molecule has 0 aromatic heterocycles. The van der Waals surface area contributed by atoms with Crippen LogP contribution in [0.25, 0.3) is 0 Å². The fourth-order valence-corrected chi connectivity index (χ4v) is 7.01. The van der Waals surface area contributed by atoms with Crippen molar-refractivity contribution in [2.24, 2.45) is 0 Å². The van der Waals surface area contributed by atoms with Crippen LogP contribution in [0.1, 0.15) is 43.9 Å². The average molecular weight is 711 g/mol. The summed E-state index contributed by atoms with van der Waals surface area (Å²) in [5, 5.41) is 3.76. The molecule has 254 valence electrons. The van der Waals surface area contributed by atoms with E-state index in [9.17, 15) is 18.0 Å². The van der Waals surface area contributed by atoms with Crippen molar-refractivity contribution in [1.29, 1.82) is 0 Å². The van der Waals surface area contributed by atoms with E-state index in [1.807, 2.05) is 51.1 Å². The van der Waals surface area contributed by atoms with Crippen LogP contribution >= 0.6 is 23.2 Å². The first kappa shape index (κ1) is 36.8. The molecule has 0 unspecified atom stereocenters. The van der Waals surface area contributed by atoms with Gasteiger partial charge in [0.1, 0.15) is 18.3 Å². The minimum atomic E-state index is -4.29. The molecule has 0 aliphatic rings. The molecule has 0 radical (unpaired) electrons. The van der Waals surface area contributed by atoms with E-state index in [0.29, 0.717) is 27.8 Å². The maximum Gasteiger partial charge on any atom is 0.264 e. The van der Waals surface area contributed by atoms with Crippen LogP contribution in [0.5, 0.6) is 5.75 Å². The SMILES string of the molecule is CCOc1ccccc1N(CC(=O)N(Cc1ccc(Cl)cc1Cl)[C@@H](Cc1ccccc1)C(=O)N[C@@H](C)CC)S(=O)(=O)c1ccc(C)cc1. The summed E-state index contributed by atoms with van der Waals surface area (Å²) in [4.78, 5) is 30.2. The van der Waals surface area contributed by atoms with Crippen LogP contribution in [0.2, 0.25) is 10.0 Å². The number of carbonyl (C=O) groups excluding carboxylic acids is 2. The Kier molecular flexibility index (Phi) is 12.9. The minimum Gasteiger partial charge on any atom is -0.492 e. The third-order valence-corrected chi connectivity index (χ3v) is 10.3. The summed E-state index contributed by atoms with van der Waals surface area (Å²) in [7, 11) is -4.29. The van der Waals surface area contributed by atoms with Crippen molar-refractivity contribution in [2.45, 2.75) is 64.1 Å². The Hall–Kier alpha value is -4.05. The van der Waals surface area contributed by atoms with Gasteiger partial charge in [-0.2, -0.15) is 0 Å².